The van der Waals surface area contributed by atoms with Crippen LogP contribution >= 0.6 is 11.8 Å². The van der Waals surface area contributed by atoms with Gasteiger partial charge in [-0.05, 0) is 82.0 Å². The number of carbonyl (C=O) groups excluding carboxylic acids is 1. The number of carbonyl (C=O) groups is 1. The van der Waals surface area contributed by atoms with Gasteiger partial charge in [0.2, 0.25) is 0 Å². The third-order valence-corrected chi connectivity index (χ3v) is 8.64. The van der Waals surface area contributed by atoms with Crippen molar-refractivity contribution in [3.8, 4) is 5.75 Å². The standard InChI is InChI=1S/C27H34N4O2S/c1-20-4-2-15-30(20)16-3-19-33-23-7-5-21(6-8-23)26-29-24-11-17-31(18-12-25(24)34-26)27(32)22-9-13-28-14-10-22/h5-10,13-14,20,24-25H,2-4,11-12,15-19H2,1H3. The topological polar surface area (TPSA) is 58.0 Å². The zero-order chi connectivity index (χ0) is 23.3. The first-order valence-corrected chi connectivity index (χ1v) is 13.5. The fourth-order valence-electron chi connectivity index (χ4n) is 5.17. The number of hydrogen-bond donors (Lipinski definition) is 0. The molecule has 2 aromatic rings. The summed E-state index contributed by atoms with van der Waals surface area (Å²) in [6, 6.07) is 13.0. The molecule has 3 unspecified atom stereocenters. The molecule has 34 heavy (non-hydrogen) atoms. The van der Waals surface area contributed by atoms with Gasteiger partial charge in [-0.25, -0.2) is 0 Å². The number of pyridine rings is 1. The minimum absolute atomic E-state index is 0.0992. The van der Waals surface area contributed by atoms with E-state index in [9.17, 15) is 4.79 Å². The summed E-state index contributed by atoms with van der Waals surface area (Å²) < 4.78 is 5.99. The second-order valence-electron chi connectivity index (χ2n) is 9.52. The molecule has 180 valence electrons. The number of benzene rings is 1. The molecule has 7 heteroatoms. The van der Waals surface area contributed by atoms with Crippen LogP contribution in [-0.2, 0) is 0 Å². The van der Waals surface area contributed by atoms with E-state index in [1.165, 1.54) is 24.9 Å². The number of aromatic nitrogens is 1. The predicted molar refractivity (Wildman–Crippen MR) is 138 cm³/mol. The van der Waals surface area contributed by atoms with Crippen LogP contribution in [0, 0.1) is 0 Å². The minimum Gasteiger partial charge on any atom is -0.494 e. The molecule has 4 heterocycles. The molecule has 2 fully saturated rings. The van der Waals surface area contributed by atoms with Gasteiger partial charge in [-0.1, -0.05) is 0 Å². The highest BCUT2D eigenvalue weighted by molar-refractivity contribution is 8.15. The summed E-state index contributed by atoms with van der Waals surface area (Å²) in [7, 11) is 0. The van der Waals surface area contributed by atoms with Crippen molar-refractivity contribution in [2.75, 3.05) is 32.8 Å². The number of aliphatic imine (C=N–C) groups is 1. The molecule has 6 nitrogen and oxygen atoms in total. The Labute approximate surface area is 206 Å². The van der Waals surface area contributed by atoms with Crippen LogP contribution in [0.15, 0.2) is 53.8 Å². The molecule has 0 saturated carbocycles. The first-order valence-electron chi connectivity index (χ1n) is 12.6. The van der Waals surface area contributed by atoms with E-state index < -0.39 is 0 Å². The van der Waals surface area contributed by atoms with Gasteiger partial charge >= 0.3 is 0 Å². The van der Waals surface area contributed by atoms with Crippen LogP contribution in [-0.4, -0.2) is 75.9 Å². The number of fused-ring (bicyclic) bond motifs is 1. The Hall–Kier alpha value is -2.38. The number of hydrogen-bond acceptors (Lipinski definition) is 6. The Kier molecular flexibility index (Phi) is 7.50. The molecule has 1 aromatic carbocycles. The molecule has 3 atom stereocenters. The molecule has 1 aromatic heterocycles. The highest BCUT2D eigenvalue weighted by Crippen LogP contribution is 2.36. The summed E-state index contributed by atoms with van der Waals surface area (Å²) in [5.74, 6) is 1.03. The van der Waals surface area contributed by atoms with Crippen LogP contribution in [0.3, 0.4) is 0 Å². The maximum atomic E-state index is 12.8. The Morgan fingerprint density at radius 1 is 1.06 bits per heavy atom. The molecule has 0 spiro atoms. The van der Waals surface area contributed by atoms with E-state index in [1.807, 2.05) is 16.7 Å². The van der Waals surface area contributed by atoms with Gasteiger partial charge in [-0.3, -0.25) is 14.8 Å². The maximum Gasteiger partial charge on any atom is 0.253 e. The zero-order valence-corrected chi connectivity index (χ0v) is 20.8. The van der Waals surface area contributed by atoms with Crippen LogP contribution in [0.25, 0.3) is 0 Å². The lowest BCUT2D eigenvalue weighted by atomic mass is 10.1. The summed E-state index contributed by atoms with van der Waals surface area (Å²) in [4.78, 5) is 26.4. The Bertz CT molecular complexity index is 997. The number of ether oxygens (including phenoxy) is 1. The predicted octanol–water partition coefficient (Wildman–Crippen LogP) is 4.50. The fourth-order valence-corrected chi connectivity index (χ4v) is 6.50. The lowest BCUT2D eigenvalue weighted by Crippen LogP contribution is -2.32. The number of amides is 1. The van der Waals surface area contributed by atoms with Crippen molar-refractivity contribution in [2.24, 2.45) is 4.99 Å². The molecular weight excluding hydrogens is 444 g/mol. The molecule has 3 aliphatic rings. The number of nitrogens with zero attached hydrogens (tertiary/aromatic N) is 4. The van der Waals surface area contributed by atoms with Crippen LogP contribution < -0.4 is 4.74 Å². The van der Waals surface area contributed by atoms with Gasteiger partial charge in [0.25, 0.3) is 5.91 Å². The largest absolute Gasteiger partial charge is 0.494 e. The highest BCUT2D eigenvalue weighted by atomic mass is 32.2. The second-order valence-corrected chi connectivity index (χ2v) is 10.7. The normalized spacial score (nSPS) is 25.0. The average molecular weight is 479 g/mol. The van der Waals surface area contributed by atoms with Crippen LogP contribution in [0.1, 0.15) is 54.9 Å². The number of rotatable bonds is 7. The molecule has 0 aliphatic carbocycles. The quantitative estimate of drug-likeness (QED) is 0.549. The van der Waals surface area contributed by atoms with Gasteiger partial charge in [0.1, 0.15) is 5.75 Å². The van der Waals surface area contributed by atoms with Crippen molar-refractivity contribution in [1.29, 1.82) is 0 Å². The van der Waals surface area contributed by atoms with Gasteiger partial charge in [0.05, 0.1) is 17.7 Å². The lowest BCUT2D eigenvalue weighted by molar-refractivity contribution is 0.0761. The smallest absolute Gasteiger partial charge is 0.253 e. The molecule has 0 radical (unpaired) electrons. The van der Waals surface area contributed by atoms with Crippen molar-refractivity contribution in [3.05, 3.63) is 59.9 Å². The zero-order valence-electron chi connectivity index (χ0n) is 19.9. The monoisotopic (exact) mass is 478 g/mol. The molecule has 2 saturated heterocycles. The van der Waals surface area contributed by atoms with E-state index in [0.717, 1.165) is 62.3 Å². The van der Waals surface area contributed by atoms with Crippen molar-refractivity contribution in [3.63, 3.8) is 0 Å². The van der Waals surface area contributed by atoms with Crippen molar-refractivity contribution >= 4 is 22.7 Å². The van der Waals surface area contributed by atoms with E-state index in [-0.39, 0.29) is 11.9 Å². The summed E-state index contributed by atoms with van der Waals surface area (Å²) in [5.41, 5.74) is 1.88. The van der Waals surface area contributed by atoms with E-state index in [1.54, 1.807) is 24.5 Å². The van der Waals surface area contributed by atoms with Gasteiger partial charge in [0.15, 0.2) is 0 Å². The van der Waals surface area contributed by atoms with Crippen molar-refractivity contribution < 1.29 is 9.53 Å². The molecular formula is C27H34N4O2S. The maximum absolute atomic E-state index is 12.8. The lowest BCUT2D eigenvalue weighted by Gasteiger charge is -2.20. The van der Waals surface area contributed by atoms with Crippen LogP contribution in [0.4, 0.5) is 0 Å². The van der Waals surface area contributed by atoms with Gasteiger partial charge < -0.3 is 14.5 Å². The van der Waals surface area contributed by atoms with Crippen LogP contribution in [0.2, 0.25) is 0 Å². The van der Waals surface area contributed by atoms with Crippen molar-refractivity contribution in [2.45, 2.75) is 56.4 Å². The highest BCUT2D eigenvalue weighted by Gasteiger charge is 2.34. The second kappa shape index (κ2) is 10.9. The van der Waals surface area contributed by atoms with Gasteiger partial charge in [-0.15, -0.1) is 11.8 Å². The third kappa shape index (κ3) is 5.47. The average Bonchev–Trinajstić information content (AvgIpc) is 3.42. The molecule has 1 amide bonds. The Morgan fingerprint density at radius 2 is 1.85 bits per heavy atom. The number of likely N-dealkylation sites (tertiary alicyclic amines) is 2. The van der Waals surface area contributed by atoms with Gasteiger partial charge in [-0.2, -0.15) is 0 Å². The fraction of sp³-hybridized carbons (Fsp3) is 0.519. The molecule has 5 rings (SSSR count). The van der Waals surface area contributed by atoms with Crippen LogP contribution in [0.5, 0.6) is 5.75 Å². The van der Waals surface area contributed by atoms with E-state index in [0.29, 0.717) is 10.8 Å². The molecule has 0 N–H and O–H groups in total. The summed E-state index contributed by atoms with van der Waals surface area (Å²) >= 11 is 1.87. The Balaban J connectivity index is 1.11. The van der Waals surface area contributed by atoms with E-state index in [2.05, 4.69) is 41.1 Å². The Morgan fingerprint density at radius 3 is 2.62 bits per heavy atom. The number of thioether (sulfide) groups is 1. The summed E-state index contributed by atoms with van der Waals surface area (Å²) in [6.45, 7) is 6.98. The molecule has 3 aliphatic heterocycles. The molecule has 0 bridgehead atoms. The van der Waals surface area contributed by atoms with Gasteiger partial charge in [0, 0.05) is 54.4 Å². The van der Waals surface area contributed by atoms with Crippen molar-refractivity contribution in [1.82, 2.24) is 14.8 Å². The SMILES string of the molecule is CC1CCCN1CCCOc1ccc(C2=NC3CCN(C(=O)c4ccncc4)CCC3S2)cc1. The first-order chi connectivity index (χ1) is 16.7. The summed E-state index contributed by atoms with van der Waals surface area (Å²) in [5, 5.41) is 1.56. The first kappa shape index (κ1) is 23.4. The van der Waals surface area contributed by atoms with E-state index in [4.69, 9.17) is 9.73 Å². The minimum atomic E-state index is 0.0992. The summed E-state index contributed by atoms with van der Waals surface area (Å²) in [6.07, 6.45) is 8.96. The van der Waals surface area contributed by atoms with E-state index >= 15 is 0 Å². The third-order valence-electron chi connectivity index (χ3n) is 7.22.